The van der Waals surface area contributed by atoms with Gasteiger partial charge in [0.25, 0.3) is 0 Å². The Labute approximate surface area is 165 Å². The van der Waals surface area contributed by atoms with Crippen molar-refractivity contribution >= 4 is 22.6 Å². The van der Waals surface area contributed by atoms with Gasteiger partial charge in [-0.1, -0.05) is 44.2 Å². The van der Waals surface area contributed by atoms with Crippen LogP contribution in [0.1, 0.15) is 32.3 Å². The number of carboxylic acid groups (broad SMARTS) is 1. The van der Waals surface area contributed by atoms with Gasteiger partial charge in [0, 0.05) is 25.2 Å². The SMILES string of the molecule is CC(C)CCOc1ccc2ccccc2c1CN1CCNC(=O)C1CC(=O)O. The largest absolute Gasteiger partial charge is 0.493 e. The molecule has 0 radical (unpaired) electrons. The number of aliphatic carboxylic acids is 1. The maximum atomic E-state index is 12.3. The summed E-state index contributed by atoms with van der Waals surface area (Å²) in [6.07, 6.45) is 0.750. The van der Waals surface area contributed by atoms with E-state index in [9.17, 15) is 14.7 Å². The summed E-state index contributed by atoms with van der Waals surface area (Å²) in [5.41, 5.74) is 1.01. The number of carbonyl (C=O) groups excluding carboxylic acids is 1. The Balaban J connectivity index is 1.92. The predicted octanol–water partition coefficient (Wildman–Crippen LogP) is 3.04. The molecule has 1 aliphatic rings. The van der Waals surface area contributed by atoms with E-state index in [1.807, 2.05) is 35.2 Å². The molecule has 1 fully saturated rings. The fourth-order valence-corrected chi connectivity index (χ4v) is 3.56. The number of hydrogen-bond donors (Lipinski definition) is 2. The molecule has 6 heteroatoms. The lowest BCUT2D eigenvalue weighted by atomic mass is 10.0. The molecule has 0 aromatic heterocycles. The quantitative estimate of drug-likeness (QED) is 0.731. The van der Waals surface area contributed by atoms with E-state index in [0.29, 0.717) is 32.2 Å². The normalized spacial score (nSPS) is 17.7. The Bertz CT molecular complexity index is 850. The molecule has 1 saturated heterocycles. The molecule has 2 aromatic carbocycles. The van der Waals surface area contributed by atoms with Crippen LogP contribution in [-0.4, -0.2) is 47.6 Å². The highest BCUT2D eigenvalue weighted by Gasteiger charge is 2.32. The Hall–Kier alpha value is -2.60. The number of hydrogen-bond acceptors (Lipinski definition) is 4. The molecule has 150 valence electrons. The summed E-state index contributed by atoms with van der Waals surface area (Å²) in [5, 5.41) is 14.2. The van der Waals surface area contributed by atoms with E-state index in [1.165, 1.54) is 0 Å². The van der Waals surface area contributed by atoms with Crippen LogP contribution >= 0.6 is 0 Å². The fraction of sp³-hybridized carbons (Fsp3) is 0.455. The van der Waals surface area contributed by atoms with Crippen molar-refractivity contribution in [2.24, 2.45) is 5.92 Å². The van der Waals surface area contributed by atoms with E-state index < -0.39 is 12.0 Å². The maximum absolute atomic E-state index is 12.3. The number of fused-ring (bicyclic) bond motifs is 1. The van der Waals surface area contributed by atoms with Crippen molar-refractivity contribution in [2.75, 3.05) is 19.7 Å². The van der Waals surface area contributed by atoms with Crippen molar-refractivity contribution in [3.63, 3.8) is 0 Å². The zero-order valence-corrected chi connectivity index (χ0v) is 16.5. The zero-order chi connectivity index (χ0) is 20.1. The second kappa shape index (κ2) is 9.06. The van der Waals surface area contributed by atoms with Crippen LogP contribution in [0.5, 0.6) is 5.75 Å². The van der Waals surface area contributed by atoms with Gasteiger partial charge >= 0.3 is 5.97 Å². The lowest BCUT2D eigenvalue weighted by molar-refractivity contribution is -0.143. The molecule has 1 unspecified atom stereocenters. The van der Waals surface area contributed by atoms with Gasteiger partial charge in [-0.2, -0.15) is 0 Å². The molecule has 0 spiro atoms. The molecule has 28 heavy (non-hydrogen) atoms. The summed E-state index contributed by atoms with van der Waals surface area (Å²) in [6, 6.07) is 11.4. The van der Waals surface area contributed by atoms with Gasteiger partial charge in [-0.05, 0) is 29.2 Å². The van der Waals surface area contributed by atoms with E-state index >= 15 is 0 Å². The van der Waals surface area contributed by atoms with Crippen molar-refractivity contribution in [3.8, 4) is 5.75 Å². The van der Waals surface area contributed by atoms with Gasteiger partial charge in [0.2, 0.25) is 5.91 Å². The highest BCUT2D eigenvalue weighted by molar-refractivity contribution is 5.89. The first-order chi connectivity index (χ1) is 13.5. The van der Waals surface area contributed by atoms with Crippen molar-refractivity contribution in [1.82, 2.24) is 10.2 Å². The third-order valence-corrected chi connectivity index (χ3v) is 5.12. The van der Waals surface area contributed by atoms with Crippen LogP contribution in [0.15, 0.2) is 36.4 Å². The van der Waals surface area contributed by atoms with Crippen molar-refractivity contribution in [2.45, 2.75) is 39.3 Å². The van der Waals surface area contributed by atoms with E-state index in [2.05, 4.69) is 25.2 Å². The summed E-state index contributed by atoms with van der Waals surface area (Å²) >= 11 is 0. The van der Waals surface area contributed by atoms with E-state index in [4.69, 9.17) is 4.74 Å². The molecule has 2 aromatic rings. The monoisotopic (exact) mass is 384 g/mol. The van der Waals surface area contributed by atoms with Gasteiger partial charge in [0.05, 0.1) is 13.0 Å². The number of ether oxygens (including phenoxy) is 1. The molecule has 0 saturated carbocycles. The summed E-state index contributed by atoms with van der Waals surface area (Å²) in [6.45, 7) is 6.55. The highest BCUT2D eigenvalue weighted by atomic mass is 16.5. The molecule has 3 rings (SSSR count). The molecule has 0 aliphatic carbocycles. The standard InChI is InChI=1S/C22H28N2O4/c1-15(2)9-12-28-20-8-7-16-5-3-4-6-17(16)18(20)14-24-11-10-23-22(27)19(24)13-21(25)26/h3-8,15,19H,9-14H2,1-2H3,(H,23,27)(H,25,26). The number of benzene rings is 2. The lowest BCUT2D eigenvalue weighted by Crippen LogP contribution is -2.55. The number of nitrogens with one attached hydrogen (secondary N) is 1. The van der Waals surface area contributed by atoms with Crippen molar-refractivity contribution in [3.05, 3.63) is 42.0 Å². The van der Waals surface area contributed by atoms with Crippen LogP contribution in [0.25, 0.3) is 10.8 Å². The second-order valence-corrected chi connectivity index (χ2v) is 7.67. The smallest absolute Gasteiger partial charge is 0.305 e. The Morgan fingerprint density at radius 2 is 2.07 bits per heavy atom. The average molecular weight is 384 g/mol. The van der Waals surface area contributed by atoms with Crippen molar-refractivity contribution in [1.29, 1.82) is 0 Å². The van der Waals surface area contributed by atoms with Crippen LogP contribution in [0, 0.1) is 5.92 Å². The van der Waals surface area contributed by atoms with Gasteiger partial charge in [-0.15, -0.1) is 0 Å². The Kier molecular flexibility index (Phi) is 6.52. The summed E-state index contributed by atoms with van der Waals surface area (Å²) in [4.78, 5) is 25.5. The summed E-state index contributed by atoms with van der Waals surface area (Å²) in [7, 11) is 0. The highest BCUT2D eigenvalue weighted by Crippen LogP contribution is 2.31. The summed E-state index contributed by atoms with van der Waals surface area (Å²) < 4.78 is 6.10. The lowest BCUT2D eigenvalue weighted by Gasteiger charge is -2.34. The zero-order valence-electron chi connectivity index (χ0n) is 16.5. The minimum absolute atomic E-state index is 0.208. The average Bonchev–Trinajstić information content (AvgIpc) is 2.65. The Morgan fingerprint density at radius 3 is 2.82 bits per heavy atom. The number of rotatable bonds is 8. The first kappa shape index (κ1) is 20.1. The number of piperazine rings is 1. The molecular weight excluding hydrogens is 356 g/mol. The number of nitrogens with zero attached hydrogens (tertiary/aromatic N) is 1. The van der Waals surface area contributed by atoms with E-state index in [-0.39, 0.29) is 12.3 Å². The van der Waals surface area contributed by atoms with E-state index in [1.54, 1.807) is 0 Å². The van der Waals surface area contributed by atoms with Gasteiger partial charge in [0.1, 0.15) is 11.8 Å². The van der Waals surface area contributed by atoms with Crippen LogP contribution in [0.2, 0.25) is 0 Å². The molecule has 1 aliphatic heterocycles. The van der Waals surface area contributed by atoms with E-state index in [0.717, 1.165) is 28.5 Å². The number of carbonyl (C=O) groups is 2. The van der Waals surface area contributed by atoms with Gasteiger partial charge < -0.3 is 15.2 Å². The minimum atomic E-state index is -0.974. The Morgan fingerprint density at radius 1 is 1.29 bits per heavy atom. The molecule has 1 atom stereocenters. The topological polar surface area (TPSA) is 78.9 Å². The third kappa shape index (κ3) is 4.81. The molecule has 2 N–H and O–H groups in total. The first-order valence-electron chi connectivity index (χ1n) is 9.82. The molecule has 6 nitrogen and oxygen atoms in total. The van der Waals surface area contributed by atoms with Gasteiger partial charge in [0.15, 0.2) is 0 Å². The third-order valence-electron chi connectivity index (χ3n) is 5.12. The van der Waals surface area contributed by atoms with Crippen LogP contribution in [0.3, 0.4) is 0 Å². The molecular formula is C22H28N2O4. The van der Waals surface area contributed by atoms with Gasteiger partial charge in [-0.25, -0.2) is 0 Å². The van der Waals surface area contributed by atoms with Crippen LogP contribution in [0.4, 0.5) is 0 Å². The number of amides is 1. The predicted molar refractivity (Wildman–Crippen MR) is 108 cm³/mol. The summed E-state index contributed by atoms with van der Waals surface area (Å²) in [5.74, 6) is 0.156. The molecule has 1 heterocycles. The molecule has 0 bridgehead atoms. The maximum Gasteiger partial charge on any atom is 0.305 e. The van der Waals surface area contributed by atoms with Crippen molar-refractivity contribution < 1.29 is 19.4 Å². The van der Waals surface area contributed by atoms with Gasteiger partial charge in [-0.3, -0.25) is 14.5 Å². The number of carboxylic acids is 1. The fourth-order valence-electron chi connectivity index (χ4n) is 3.56. The minimum Gasteiger partial charge on any atom is -0.493 e. The van der Waals surface area contributed by atoms with Crippen LogP contribution in [-0.2, 0) is 16.1 Å². The first-order valence-corrected chi connectivity index (χ1v) is 9.82. The molecule has 1 amide bonds. The second-order valence-electron chi connectivity index (χ2n) is 7.67. The van der Waals surface area contributed by atoms with Crippen LogP contribution < -0.4 is 10.1 Å².